The summed E-state index contributed by atoms with van der Waals surface area (Å²) in [6, 6.07) is 5.62. The van der Waals surface area contributed by atoms with Crippen LogP contribution < -0.4 is 9.47 Å². The number of hydrogen-bond acceptors (Lipinski definition) is 5. The quantitative estimate of drug-likeness (QED) is 0.413. The third-order valence-electron chi connectivity index (χ3n) is 6.25. The Balaban J connectivity index is 1.93. The lowest BCUT2D eigenvalue weighted by Gasteiger charge is -2.24. The number of carbonyl (C=O) groups is 2. The van der Waals surface area contributed by atoms with Crippen LogP contribution in [-0.4, -0.2) is 32.9 Å². The van der Waals surface area contributed by atoms with Gasteiger partial charge in [-0.25, -0.2) is 0 Å². The minimum absolute atomic E-state index is 0.0179. The van der Waals surface area contributed by atoms with E-state index in [1.807, 2.05) is 18.2 Å². The van der Waals surface area contributed by atoms with E-state index in [1.165, 1.54) is 0 Å². The molecule has 0 radical (unpaired) electrons. The molecule has 0 heterocycles. The molecule has 1 unspecified atom stereocenters. The molecule has 0 saturated heterocycles. The number of rotatable bonds is 12. The van der Waals surface area contributed by atoms with Gasteiger partial charge in [-0.2, -0.15) is 0 Å². The zero-order chi connectivity index (χ0) is 23.0. The van der Waals surface area contributed by atoms with Crippen molar-refractivity contribution in [2.24, 2.45) is 11.3 Å². The van der Waals surface area contributed by atoms with Gasteiger partial charge >= 0.3 is 0 Å². The molecule has 1 aliphatic carbocycles. The molecule has 2 rings (SSSR count). The number of aryl methyl sites for hydroxylation is 1. The van der Waals surface area contributed by atoms with Crippen molar-refractivity contribution in [3.63, 3.8) is 0 Å². The first-order valence-corrected chi connectivity index (χ1v) is 11.0. The Morgan fingerprint density at radius 3 is 2.19 bits per heavy atom. The van der Waals surface area contributed by atoms with E-state index in [1.54, 1.807) is 35.2 Å². The van der Waals surface area contributed by atoms with E-state index in [0.717, 1.165) is 29.7 Å². The van der Waals surface area contributed by atoms with Crippen molar-refractivity contribution in [1.82, 2.24) is 0 Å². The molecule has 0 aliphatic heterocycles. The van der Waals surface area contributed by atoms with Crippen molar-refractivity contribution in [2.45, 2.75) is 59.3 Å². The first-order chi connectivity index (χ1) is 14.8. The van der Waals surface area contributed by atoms with Crippen molar-refractivity contribution in [3.05, 3.63) is 47.2 Å². The normalized spacial score (nSPS) is 16.3. The second-order valence-corrected chi connectivity index (χ2v) is 8.53. The second kappa shape index (κ2) is 11.2. The van der Waals surface area contributed by atoms with Crippen molar-refractivity contribution >= 4 is 11.6 Å². The van der Waals surface area contributed by atoms with Gasteiger partial charge in [-0.1, -0.05) is 19.1 Å². The Morgan fingerprint density at radius 1 is 0.968 bits per heavy atom. The zero-order valence-electron chi connectivity index (χ0n) is 19.7. The Labute approximate surface area is 186 Å². The third-order valence-corrected chi connectivity index (χ3v) is 6.25. The van der Waals surface area contributed by atoms with Crippen molar-refractivity contribution in [2.75, 3.05) is 21.3 Å². The number of Topliss-reactive ketones (excluding diaryl/α,β-unsaturated/α-hetero) is 2. The van der Waals surface area contributed by atoms with E-state index in [-0.39, 0.29) is 11.6 Å². The third kappa shape index (κ3) is 6.22. The lowest BCUT2D eigenvalue weighted by Crippen LogP contribution is -2.33. The van der Waals surface area contributed by atoms with Gasteiger partial charge in [-0.05, 0) is 68.9 Å². The van der Waals surface area contributed by atoms with Crippen molar-refractivity contribution in [3.8, 4) is 11.5 Å². The first kappa shape index (κ1) is 24.7. The Kier molecular flexibility index (Phi) is 8.90. The topological polar surface area (TPSA) is 61.8 Å². The van der Waals surface area contributed by atoms with Crippen LogP contribution in [0.2, 0.25) is 0 Å². The molecule has 0 saturated carbocycles. The molecule has 0 spiro atoms. The van der Waals surface area contributed by atoms with E-state index in [9.17, 15) is 9.59 Å². The summed E-state index contributed by atoms with van der Waals surface area (Å²) in [5.74, 6) is 2.63. The van der Waals surface area contributed by atoms with Crippen LogP contribution in [0.3, 0.4) is 0 Å². The highest BCUT2D eigenvalue weighted by molar-refractivity contribution is 6.06. The summed E-state index contributed by atoms with van der Waals surface area (Å²) in [7, 11) is 4.87. The number of methoxy groups -OCH3 is 3. The van der Waals surface area contributed by atoms with Crippen LogP contribution in [-0.2, 0) is 20.7 Å². The van der Waals surface area contributed by atoms with Gasteiger partial charge in [0.1, 0.15) is 11.6 Å². The average Bonchev–Trinajstić information content (AvgIpc) is 2.80. The summed E-state index contributed by atoms with van der Waals surface area (Å²) in [5, 5.41) is 0. The maximum absolute atomic E-state index is 12.9. The largest absolute Gasteiger partial charge is 0.501 e. The molecule has 1 atom stereocenters. The van der Waals surface area contributed by atoms with Crippen LogP contribution in [0.15, 0.2) is 41.7 Å². The predicted octanol–water partition coefficient (Wildman–Crippen LogP) is 5.47. The predicted molar refractivity (Wildman–Crippen MR) is 122 cm³/mol. The first-order valence-electron chi connectivity index (χ1n) is 11.0. The Hall–Kier alpha value is -2.56. The van der Waals surface area contributed by atoms with Gasteiger partial charge in [0.2, 0.25) is 0 Å². The minimum Gasteiger partial charge on any atom is -0.501 e. The standard InChI is InChI=1S/C26H36O5/c1-7-20-12-8-18(16-22(20)30-5)10-14-24(27)26(2,3)25(28)15-11-19-9-13-21(29-4)23(17-19)31-6/h8-9,13,16-17,20H,7,10-12,14-15H2,1-6H3. The molecule has 0 amide bonds. The van der Waals surface area contributed by atoms with E-state index in [4.69, 9.17) is 14.2 Å². The molecule has 5 heteroatoms. The van der Waals surface area contributed by atoms with Crippen LogP contribution in [0.5, 0.6) is 11.5 Å². The molecule has 0 N–H and O–H groups in total. The van der Waals surface area contributed by atoms with Crippen LogP contribution in [0.1, 0.15) is 58.4 Å². The number of benzene rings is 1. The van der Waals surface area contributed by atoms with Gasteiger partial charge < -0.3 is 14.2 Å². The Bertz CT molecular complexity index is 847. The van der Waals surface area contributed by atoms with Gasteiger partial charge in [0, 0.05) is 18.8 Å². The molecule has 1 aromatic rings. The van der Waals surface area contributed by atoms with Gasteiger partial charge in [0.15, 0.2) is 11.5 Å². The molecule has 0 fully saturated rings. The lowest BCUT2D eigenvalue weighted by molar-refractivity contribution is -0.138. The summed E-state index contributed by atoms with van der Waals surface area (Å²) in [5.41, 5.74) is 1.10. The summed E-state index contributed by atoms with van der Waals surface area (Å²) in [6.07, 6.45) is 8.06. The summed E-state index contributed by atoms with van der Waals surface area (Å²) in [6.45, 7) is 5.63. The monoisotopic (exact) mass is 428 g/mol. The second-order valence-electron chi connectivity index (χ2n) is 8.53. The fraction of sp³-hybridized carbons (Fsp3) is 0.538. The van der Waals surface area contributed by atoms with Gasteiger partial charge in [0.25, 0.3) is 0 Å². The number of allylic oxidation sites excluding steroid dienone is 4. The molecule has 170 valence electrons. The highest BCUT2D eigenvalue weighted by atomic mass is 16.5. The van der Waals surface area contributed by atoms with Gasteiger partial charge in [-0.15, -0.1) is 0 Å². The fourth-order valence-corrected chi connectivity index (χ4v) is 3.87. The van der Waals surface area contributed by atoms with Crippen molar-refractivity contribution < 1.29 is 23.8 Å². The van der Waals surface area contributed by atoms with Crippen LogP contribution >= 0.6 is 0 Å². The minimum atomic E-state index is -0.995. The maximum atomic E-state index is 12.9. The number of carbonyl (C=O) groups excluding carboxylic acids is 2. The molecular weight excluding hydrogens is 392 g/mol. The zero-order valence-corrected chi connectivity index (χ0v) is 19.7. The lowest BCUT2D eigenvalue weighted by atomic mass is 9.78. The number of hydrogen-bond donors (Lipinski definition) is 0. The molecule has 1 aromatic carbocycles. The highest BCUT2D eigenvalue weighted by Crippen LogP contribution is 2.31. The SMILES string of the molecule is CCC1CC=C(CCC(=O)C(C)(C)C(=O)CCc2ccc(OC)c(OC)c2)C=C1OC. The van der Waals surface area contributed by atoms with Crippen LogP contribution in [0.25, 0.3) is 0 Å². The number of ketones is 2. The summed E-state index contributed by atoms with van der Waals surface area (Å²) < 4.78 is 16.1. The fourth-order valence-electron chi connectivity index (χ4n) is 3.87. The Morgan fingerprint density at radius 2 is 1.61 bits per heavy atom. The smallest absolute Gasteiger partial charge is 0.160 e. The molecule has 0 bridgehead atoms. The molecule has 0 aromatic heterocycles. The molecule has 1 aliphatic rings. The van der Waals surface area contributed by atoms with E-state index in [0.29, 0.717) is 43.1 Å². The maximum Gasteiger partial charge on any atom is 0.160 e. The average molecular weight is 429 g/mol. The van der Waals surface area contributed by atoms with Gasteiger partial charge in [-0.3, -0.25) is 9.59 Å². The van der Waals surface area contributed by atoms with E-state index >= 15 is 0 Å². The highest BCUT2D eigenvalue weighted by Gasteiger charge is 2.34. The van der Waals surface area contributed by atoms with Crippen LogP contribution in [0.4, 0.5) is 0 Å². The molecule has 31 heavy (non-hydrogen) atoms. The van der Waals surface area contributed by atoms with Crippen LogP contribution in [0, 0.1) is 11.3 Å². The van der Waals surface area contributed by atoms with Gasteiger partial charge in [0.05, 0.1) is 32.5 Å². The molecular formula is C26H36O5. The number of ether oxygens (including phenoxy) is 3. The molecule has 5 nitrogen and oxygen atoms in total. The summed E-state index contributed by atoms with van der Waals surface area (Å²) in [4.78, 5) is 25.7. The van der Waals surface area contributed by atoms with E-state index < -0.39 is 5.41 Å². The van der Waals surface area contributed by atoms with E-state index in [2.05, 4.69) is 19.1 Å². The summed E-state index contributed by atoms with van der Waals surface area (Å²) >= 11 is 0. The van der Waals surface area contributed by atoms with Crippen molar-refractivity contribution in [1.29, 1.82) is 0 Å².